The number of aliphatic hydroxyl groups is 1. The Morgan fingerprint density at radius 1 is 0.788 bits per heavy atom. The number of β-amino-alcohol motifs (C(OH)–C–C–N with tert-alkyl or cyclic N) is 1. The molecule has 0 spiro atoms. The maximum atomic E-state index is 13.5. The van der Waals surface area contributed by atoms with Crippen molar-refractivity contribution in [3.05, 3.63) is 55.6 Å². The van der Waals surface area contributed by atoms with Crippen LogP contribution in [0.25, 0.3) is 0 Å². The first-order chi connectivity index (χ1) is 24.4. The molecule has 17 heteroatoms. The Bertz CT molecular complexity index is 1710. The summed E-state index contributed by atoms with van der Waals surface area (Å²) in [7, 11) is 3.92. The molecule has 2 aromatic rings. The molecule has 0 aliphatic carbocycles. The second kappa shape index (κ2) is 16.0. The van der Waals surface area contributed by atoms with Crippen LogP contribution in [0.2, 0.25) is 0 Å². The molecule has 0 bridgehead atoms. The van der Waals surface area contributed by atoms with Gasteiger partial charge in [0.15, 0.2) is 23.0 Å². The maximum Gasteiger partial charge on any atom is 0.328 e. The van der Waals surface area contributed by atoms with E-state index in [0.717, 1.165) is 12.1 Å². The largest absolute Gasteiger partial charge is 0.493 e. The Balaban J connectivity index is 1.48. The fourth-order valence-electron chi connectivity index (χ4n) is 6.87. The Kier molecular flexibility index (Phi) is 12.2. The number of methoxy groups -OCH3 is 3. The van der Waals surface area contributed by atoms with Crippen LogP contribution in [0.15, 0.2) is 24.3 Å². The van der Waals surface area contributed by atoms with Gasteiger partial charge in [-0.05, 0) is 36.5 Å². The number of benzene rings is 2. The van der Waals surface area contributed by atoms with Crippen molar-refractivity contribution in [1.82, 2.24) is 9.80 Å². The average molecular weight is 731 g/mol. The van der Waals surface area contributed by atoms with Crippen molar-refractivity contribution in [3.63, 3.8) is 0 Å². The van der Waals surface area contributed by atoms with Crippen molar-refractivity contribution < 1.29 is 53.0 Å². The predicted octanol–water partition coefficient (Wildman–Crippen LogP) is 4.40. The minimum Gasteiger partial charge on any atom is -0.493 e. The molecule has 0 saturated carbocycles. The number of nitro benzene ring substituents is 2. The molecule has 1 N–H and O–H groups in total. The second-order valence-corrected chi connectivity index (χ2v) is 14.5. The summed E-state index contributed by atoms with van der Waals surface area (Å²) in [5.41, 5.74) is -2.48. The van der Waals surface area contributed by atoms with E-state index in [0.29, 0.717) is 25.7 Å². The predicted molar refractivity (Wildman–Crippen MR) is 185 cm³/mol. The van der Waals surface area contributed by atoms with Crippen LogP contribution in [-0.4, -0.2) is 109 Å². The number of amides is 2. The lowest BCUT2D eigenvalue weighted by atomic mass is 9.76. The second-order valence-electron chi connectivity index (χ2n) is 14.5. The van der Waals surface area contributed by atoms with Gasteiger partial charge in [-0.3, -0.25) is 29.8 Å². The number of ether oxygens (including phenoxy) is 5. The van der Waals surface area contributed by atoms with Gasteiger partial charge in [0.2, 0.25) is 0 Å². The molecule has 2 saturated heterocycles. The molecule has 17 nitrogen and oxygen atoms in total. The number of nitro groups is 2. The number of rotatable bonds is 15. The zero-order valence-electron chi connectivity index (χ0n) is 30.5. The number of esters is 1. The van der Waals surface area contributed by atoms with Gasteiger partial charge >= 0.3 is 5.97 Å². The van der Waals surface area contributed by atoms with E-state index < -0.39 is 62.0 Å². The first kappa shape index (κ1) is 39.6. The van der Waals surface area contributed by atoms with E-state index in [1.54, 1.807) is 0 Å². The monoisotopic (exact) mass is 730 g/mol. The lowest BCUT2D eigenvalue weighted by Gasteiger charge is -2.34. The maximum absolute atomic E-state index is 13.5. The minimum absolute atomic E-state index is 0.0499. The van der Waals surface area contributed by atoms with Gasteiger partial charge in [-0.25, -0.2) is 4.79 Å². The van der Waals surface area contributed by atoms with Gasteiger partial charge < -0.3 is 38.6 Å². The lowest BCUT2D eigenvalue weighted by molar-refractivity contribution is -0.385. The first-order valence-corrected chi connectivity index (χ1v) is 16.8. The number of hydrogen-bond acceptors (Lipinski definition) is 13. The summed E-state index contributed by atoms with van der Waals surface area (Å²) in [4.78, 5) is 64.2. The normalized spacial score (nSPS) is 17.5. The molecule has 2 aromatic carbocycles. The standard InChI is InChI=1S/C35H46N4O13/c1-34(2,19-51-29-15-25(38(44)45)22(13-27(29)48-5)31(41)36-12-10-21(40)17-36)18-35(3,4)20-52-30-16-26(39(46)47)23(14-28(30)49-6)32(42)37-11-8-9-24(37)33(43)50-7/h13-16,21,24,40H,8-12,17-20H2,1-7H3. The van der Waals surface area contributed by atoms with Gasteiger partial charge in [0.1, 0.15) is 17.2 Å². The van der Waals surface area contributed by atoms with E-state index in [-0.39, 0.29) is 67.0 Å². The summed E-state index contributed by atoms with van der Waals surface area (Å²) in [6, 6.07) is 3.98. The summed E-state index contributed by atoms with van der Waals surface area (Å²) in [5.74, 6) is -1.52. The molecule has 0 radical (unpaired) electrons. The molecule has 2 heterocycles. The van der Waals surface area contributed by atoms with Crippen LogP contribution in [0.1, 0.15) is 74.1 Å². The summed E-state index contributed by atoms with van der Waals surface area (Å²) < 4.78 is 27.9. The number of nitrogens with zero attached hydrogens (tertiary/aromatic N) is 4. The minimum atomic E-state index is -0.845. The molecule has 2 unspecified atom stereocenters. The van der Waals surface area contributed by atoms with Crippen molar-refractivity contribution >= 4 is 29.2 Å². The highest BCUT2D eigenvalue weighted by molar-refractivity contribution is 6.01. The molecule has 0 aromatic heterocycles. The summed E-state index contributed by atoms with van der Waals surface area (Å²) in [6.45, 7) is 8.46. The Morgan fingerprint density at radius 3 is 1.71 bits per heavy atom. The SMILES string of the molecule is COC(=O)C1CCCN1C(=O)c1cc(OC)c(OCC(C)(C)CC(C)(C)COc2cc([N+](=O)[O-])c(C(=O)N3CCC(O)C3)cc2OC)cc1[N+](=O)[O-]. The van der Waals surface area contributed by atoms with Gasteiger partial charge in [0.05, 0.1) is 62.6 Å². The molecule has 2 fully saturated rings. The summed E-state index contributed by atoms with van der Waals surface area (Å²) >= 11 is 0. The molecule has 4 rings (SSSR count). The van der Waals surface area contributed by atoms with Crippen molar-refractivity contribution in [2.45, 2.75) is 65.5 Å². The number of hydrogen-bond donors (Lipinski definition) is 1. The van der Waals surface area contributed by atoms with E-state index >= 15 is 0 Å². The van der Waals surface area contributed by atoms with Crippen LogP contribution < -0.4 is 18.9 Å². The number of carbonyl (C=O) groups excluding carboxylic acids is 3. The Labute approximate surface area is 301 Å². The van der Waals surface area contributed by atoms with Crippen LogP contribution in [-0.2, 0) is 9.53 Å². The molecule has 2 amide bonds. The first-order valence-electron chi connectivity index (χ1n) is 16.8. The molecule has 2 atom stereocenters. The van der Waals surface area contributed by atoms with Crippen molar-refractivity contribution in [2.75, 3.05) is 54.2 Å². The topological polar surface area (TPSA) is 210 Å². The highest BCUT2D eigenvalue weighted by atomic mass is 16.6. The zero-order valence-corrected chi connectivity index (χ0v) is 30.5. The van der Waals surface area contributed by atoms with Gasteiger partial charge in [0, 0.05) is 31.8 Å². The van der Waals surface area contributed by atoms with Crippen LogP contribution in [0.4, 0.5) is 11.4 Å². The van der Waals surface area contributed by atoms with Gasteiger partial charge in [-0.15, -0.1) is 0 Å². The van der Waals surface area contributed by atoms with E-state index in [1.165, 1.54) is 43.3 Å². The Morgan fingerprint density at radius 2 is 1.29 bits per heavy atom. The lowest BCUT2D eigenvalue weighted by Crippen LogP contribution is -2.41. The molecule has 2 aliphatic heterocycles. The third-order valence-corrected chi connectivity index (χ3v) is 9.05. The number of likely N-dealkylation sites (tertiary alicyclic amines) is 2. The van der Waals surface area contributed by atoms with Crippen molar-refractivity contribution in [3.8, 4) is 23.0 Å². The fraction of sp³-hybridized carbons (Fsp3) is 0.571. The van der Waals surface area contributed by atoms with Gasteiger partial charge in [-0.1, -0.05) is 27.7 Å². The Hall–Kier alpha value is -5.19. The van der Waals surface area contributed by atoms with E-state index in [2.05, 4.69) is 0 Å². The van der Waals surface area contributed by atoms with Crippen molar-refractivity contribution in [2.24, 2.45) is 10.8 Å². The highest BCUT2D eigenvalue weighted by Crippen LogP contribution is 2.41. The average Bonchev–Trinajstić information content (AvgIpc) is 3.77. The third kappa shape index (κ3) is 8.99. The van der Waals surface area contributed by atoms with Gasteiger partial charge in [-0.2, -0.15) is 0 Å². The smallest absolute Gasteiger partial charge is 0.328 e. The van der Waals surface area contributed by atoms with Crippen LogP contribution in [0.5, 0.6) is 23.0 Å². The molecule has 284 valence electrons. The fourth-order valence-corrected chi connectivity index (χ4v) is 6.87. The molecular formula is C35H46N4O13. The van der Waals surface area contributed by atoms with E-state index in [9.17, 15) is 39.7 Å². The number of aliphatic hydroxyl groups excluding tert-OH is 1. The van der Waals surface area contributed by atoms with Crippen LogP contribution in [0.3, 0.4) is 0 Å². The van der Waals surface area contributed by atoms with E-state index in [1.807, 2.05) is 27.7 Å². The van der Waals surface area contributed by atoms with E-state index in [4.69, 9.17) is 23.7 Å². The zero-order chi connectivity index (χ0) is 38.5. The van der Waals surface area contributed by atoms with Gasteiger partial charge in [0.25, 0.3) is 23.2 Å². The highest BCUT2D eigenvalue weighted by Gasteiger charge is 2.39. The summed E-state index contributed by atoms with van der Waals surface area (Å²) in [6.07, 6.45) is 1.11. The quantitative estimate of drug-likeness (QED) is 0.153. The molecule has 52 heavy (non-hydrogen) atoms. The third-order valence-electron chi connectivity index (χ3n) is 9.05. The van der Waals surface area contributed by atoms with Crippen LogP contribution in [0, 0.1) is 31.1 Å². The van der Waals surface area contributed by atoms with Crippen molar-refractivity contribution in [1.29, 1.82) is 0 Å². The summed E-state index contributed by atoms with van der Waals surface area (Å²) in [5, 5.41) is 34.0. The van der Waals surface area contributed by atoms with Crippen LogP contribution >= 0.6 is 0 Å². The number of carbonyl (C=O) groups is 3. The molecule has 2 aliphatic rings. The molecular weight excluding hydrogens is 684 g/mol.